The highest BCUT2D eigenvalue weighted by Gasteiger charge is 2.21. The molecule has 1 aromatic heterocycles. The Morgan fingerprint density at radius 1 is 1.67 bits per heavy atom. The van der Waals surface area contributed by atoms with Crippen molar-refractivity contribution in [3.8, 4) is 0 Å². The van der Waals surface area contributed by atoms with Crippen LogP contribution in [-0.2, 0) is 19.3 Å². The standard InChI is InChI=1S/C9H11ClN2O4S2/c1-18(16,8-2-5(10)4-17-8)12-9(15)6(11)3-7(13)14/h2,4,6H,1,3,11H2,(H,13,14)(H,12,15,16). The van der Waals surface area contributed by atoms with Gasteiger partial charge in [-0.15, -0.1) is 11.3 Å². The fourth-order valence-electron chi connectivity index (χ4n) is 1.04. The van der Waals surface area contributed by atoms with Crippen LogP contribution in [0.3, 0.4) is 0 Å². The largest absolute Gasteiger partial charge is 0.481 e. The Balaban J connectivity index is 2.78. The van der Waals surface area contributed by atoms with Crippen molar-refractivity contribution in [3.63, 3.8) is 0 Å². The van der Waals surface area contributed by atoms with E-state index in [0.717, 1.165) is 11.3 Å². The molecule has 1 heterocycles. The lowest BCUT2D eigenvalue weighted by atomic mass is 10.2. The highest BCUT2D eigenvalue weighted by molar-refractivity contribution is 8.00. The molecule has 100 valence electrons. The lowest BCUT2D eigenvalue weighted by molar-refractivity contribution is -0.139. The number of hydrogen-bond acceptors (Lipinski definition) is 5. The molecule has 1 amide bonds. The van der Waals surface area contributed by atoms with Gasteiger partial charge in [0.25, 0.3) is 0 Å². The molecule has 2 atom stereocenters. The predicted molar refractivity (Wildman–Crippen MR) is 71.2 cm³/mol. The van der Waals surface area contributed by atoms with Crippen LogP contribution in [-0.4, -0.2) is 33.1 Å². The molecule has 0 spiro atoms. The minimum absolute atomic E-state index is 0.295. The Bertz CT molecular complexity index is 567. The first-order valence-electron chi connectivity index (χ1n) is 4.62. The van der Waals surface area contributed by atoms with Gasteiger partial charge in [-0.25, -0.2) is 4.21 Å². The van der Waals surface area contributed by atoms with Crippen molar-refractivity contribution in [1.82, 2.24) is 4.72 Å². The number of rotatable bonds is 5. The average Bonchev–Trinajstić information content (AvgIpc) is 2.63. The average molecular weight is 311 g/mol. The van der Waals surface area contributed by atoms with Crippen molar-refractivity contribution in [2.75, 3.05) is 0 Å². The molecule has 0 saturated heterocycles. The van der Waals surface area contributed by atoms with Crippen LogP contribution in [0.15, 0.2) is 15.7 Å². The Morgan fingerprint density at radius 3 is 2.72 bits per heavy atom. The molecule has 1 aromatic rings. The molecule has 18 heavy (non-hydrogen) atoms. The van der Waals surface area contributed by atoms with Crippen LogP contribution >= 0.6 is 22.9 Å². The Labute approximate surface area is 113 Å². The van der Waals surface area contributed by atoms with Crippen molar-refractivity contribution < 1.29 is 18.9 Å². The van der Waals surface area contributed by atoms with E-state index < -0.39 is 34.0 Å². The maximum Gasteiger partial charge on any atom is 0.305 e. The van der Waals surface area contributed by atoms with E-state index in [-0.39, 0.29) is 0 Å². The molecular formula is C9H11ClN2O4S2. The number of aliphatic carboxylic acids is 1. The molecule has 4 N–H and O–H groups in total. The van der Waals surface area contributed by atoms with E-state index in [1.165, 1.54) is 6.07 Å². The van der Waals surface area contributed by atoms with Crippen molar-refractivity contribution >= 4 is 50.4 Å². The van der Waals surface area contributed by atoms with Crippen LogP contribution in [0.5, 0.6) is 0 Å². The van der Waals surface area contributed by atoms with E-state index in [2.05, 4.69) is 10.6 Å². The fourth-order valence-corrected chi connectivity index (χ4v) is 3.69. The Morgan fingerprint density at radius 2 is 2.28 bits per heavy atom. The second-order valence-electron chi connectivity index (χ2n) is 3.43. The van der Waals surface area contributed by atoms with Crippen LogP contribution in [0.1, 0.15) is 6.42 Å². The van der Waals surface area contributed by atoms with E-state index in [9.17, 15) is 13.8 Å². The van der Waals surface area contributed by atoms with Crippen molar-refractivity contribution in [2.24, 2.45) is 5.73 Å². The van der Waals surface area contributed by atoms with Crippen molar-refractivity contribution in [1.29, 1.82) is 0 Å². The SMILES string of the molecule is C=S(=O)(NC(=O)C(N)CC(=O)O)c1cc(Cl)cs1. The molecule has 0 aromatic carbocycles. The summed E-state index contributed by atoms with van der Waals surface area (Å²) >= 11 is 6.76. The summed E-state index contributed by atoms with van der Waals surface area (Å²) in [4.78, 5) is 21.9. The highest BCUT2D eigenvalue weighted by Crippen LogP contribution is 2.23. The first-order chi connectivity index (χ1) is 8.22. The van der Waals surface area contributed by atoms with E-state index >= 15 is 0 Å². The minimum Gasteiger partial charge on any atom is -0.481 e. The fraction of sp³-hybridized carbons (Fsp3) is 0.222. The van der Waals surface area contributed by atoms with Gasteiger partial charge < -0.3 is 10.8 Å². The smallest absolute Gasteiger partial charge is 0.305 e. The molecule has 0 aliphatic carbocycles. The molecule has 2 unspecified atom stereocenters. The zero-order valence-corrected chi connectivity index (χ0v) is 11.5. The van der Waals surface area contributed by atoms with Gasteiger partial charge in [0.15, 0.2) is 0 Å². The predicted octanol–water partition coefficient (Wildman–Crippen LogP) is 0.310. The summed E-state index contributed by atoms with van der Waals surface area (Å²) in [6.45, 7) is 0. The van der Waals surface area contributed by atoms with Crippen LogP contribution in [0.25, 0.3) is 0 Å². The second-order valence-corrected chi connectivity index (χ2v) is 7.03. The summed E-state index contributed by atoms with van der Waals surface area (Å²) in [5.41, 5.74) is 5.34. The normalized spacial score (nSPS) is 15.7. The maximum atomic E-state index is 12.1. The molecule has 0 fully saturated rings. The molecule has 0 aliphatic heterocycles. The topological polar surface area (TPSA) is 109 Å². The maximum absolute atomic E-state index is 12.1. The number of carboxylic acid groups (broad SMARTS) is 1. The van der Waals surface area contributed by atoms with Crippen molar-refractivity contribution in [2.45, 2.75) is 16.7 Å². The summed E-state index contributed by atoms with van der Waals surface area (Å²) in [5, 5.41) is 10.4. The van der Waals surface area contributed by atoms with Gasteiger partial charge in [0, 0.05) is 5.38 Å². The van der Waals surface area contributed by atoms with E-state index in [1.807, 2.05) is 0 Å². The molecule has 6 nitrogen and oxygen atoms in total. The highest BCUT2D eigenvalue weighted by atomic mass is 35.5. The molecule has 0 saturated carbocycles. The van der Waals surface area contributed by atoms with Gasteiger partial charge >= 0.3 is 5.97 Å². The summed E-state index contributed by atoms with van der Waals surface area (Å²) in [7, 11) is -3.06. The van der Waals surface area contributed by atoms with Gasteiger partial charge in [-0.05, 0) is 11.9 Å². The van der Waals surface area contributed by atoms with Crippen LogP contribution in [0.4, 0.5) is 0 Å². The number of carbonyl (C=O) groups excluding carboxylic acids is 1. The molecular weight excluding hydrogens is 300 g/mol. The number of halogens is 1. The molecule has 1 rings (SSSR count). The van der Waals surface area contributed by atoms with Gasteiger partial charge in [0.05, 0.1) is 27.2 Å². The van der Waals surface area contributed by atoms with Crippen molar-refractivity contribution in [3.05, 3.63) is 16.5 Å². The summed E-state index contributed by atoms with van der Waals surface area (Å²) < 4.78 is 14.5. The van der Waals surface area contributed by atoms with Crippen LogP contribution in [0, 0.1) is 0 Å². The first-order valence-corrected chi connectivity index (χ1v) is 7.61. The summed E-state index contributed by atoms with van der Waals surface area (Å²) in [6, 6.07) is 0.144. The van der Waals surface area contributed by atoms with Gasteiger partial charge in [-0.2, -0.15) is 0 Å². The quantitative estimate of drug-likeness (QED) is 0.678. The number of nitrogens with one attached hydrogen (secondary N) is 1. The third kappa shape index (κ3) is 3.98. The Hall–Kier alpha value is -1.09. The van der Waals surface area contributed by atoms with E-state index in [1.54, 1.807) is 5.38 Å². The van der Waals surface area contributed by atoms with Gasteiger partial charge in [0.1, 0.15) is 4.21 Å². The number of carboxylic acids is 1. The number of hydrogen-bond donors (Lipinski definition) is 3. The first kappa shape index (κ1) is 15.0. The zero-order chi connectivity index (χ0) is 13.9. The Kier molecular flexibility index (Phi) is 4.74. The van der Waals surface area contributed by atoms with Gasteiger partial charge in [-0.3, -0.25) is 14.3 Å². The summed E-state index contributed by atoms with van der Waals surface area (Å²) in [5.74, 6) is 1.35. The molecule has 0 bridgehead atoms. The third-order valence-electron chi connectivity index (χ3n) is 1.87. The van der Waals surface area contributed by atoms with Gasteiger partial charge in [0.2, 0.25) is 5.91 Å². The third-order valence-corrected chi connectivity index (χ3v) is 5.33. The number of thiophene rings is 1. The molecule has 0 aliphatic rings. The minimum atomic E-state index is -3.06. The van der Waals surface area contributed by atoms with Crippen LogP contribution < -0.4 is 10.5 Å². The lowest BCUT2D eigenvalue weighted by Gasteiger charge is -2.12. The lowest BCUT2D eigenvalue weighted by Crippen LogP contribution is -2.44. The summed E-state index contributed by atoms with van der Waals surface area (Å²) in [6.07, 6.45) is -0.549. The van der Waals surface area contributed by atoms with Crippen LogP contribution in [0.2, 0.25) is 5.02 Å². The van der Waals surface area contributed by atoms with E-state index in [4.69, 9.17) is 22.4 Å². The number of carbonyl (C=O) groups is 2. The molecule has 9 heteroatoms. The van der Waals surface area contributed by atoms with E-state index in [0.29, 0.717) is 9.23 Å². The number of nitrogens with two attached hydrogens (primary N) is 1. The van der Waals surface area contributed by atoms with Gasteiger partial charge in [-0.1, -0.05) is 11.6 Å². The second kappa shape index (κ2) is 5.70. The molecule has 0 radical (unpaired) electrons. The number of amides is 1. The monoisotopic (exact) mass is 310 g/mol. The zero-order valence-electron chi connectivity index (χ0n) is 9.09.